The summed E-state index contributed by atoms with van der Waals surface area (Å²) in [5, 5.41) is 5.49. The van der Waals surface area contributed by atoms with Gasteiger partial charge in [-0.1, -0.05) is 12.1 Å². The minimum absolute atomic E-state index is 0.0451. The van der Waals surface area contributed by atoms with Crippen LogP contribution >= 0.6 is 0 Å². The van der Waals surface area contributed by atoms with Crippen LogP contribution in [-0.2, 0) is 9.53 Å². The SMILES string of the molecule is COc1ccc(C(CNC(=O)CCNC(=O)OC(C)(C)C)N(C)C)cc1. The number of benzene rings is 1. The number of alkyl carbamates (subject to hydrolysis) is 1. The Morgan fingerprint density at radius 2 is 1.73 bits per heavy atom. The third-order valence-corrected chi connectivity index (χ3v) is 3.64. The van der Waals surface area contributed by atoms with Crippen molar-refractivity contribution in [2.24, 2.45) is 0 Å². The van der Waals surface area contributed by atoms with Crippen LogP contribution in [0.3, 0.4) is 0 Å². The van der Waals surface area contributed by atoms with E-state index in [0.29, 0.717) is 6.54 Å². The second-order valence-corrected chi connectivity index (χ2v) is 7.24. The molecule has 0 aromatic heterocycles. The molecule has 7 heteroatoms. The van der Waals surface area contributed by atoms with Gasteiger partial charge in [0.05, 0.1) is 13.2 Å². The Hall–Kier alpha value is -2.28. The highest BCUT2D eigenvalue weighted by molar-refractivity contribution is 5.77. The molecule has 0 heterocycles. The van der Waals surface area contributed by atoms with E-state index in [4.69, 9.17) is 9.47 Å². The van der Waals surface area contributed by atoms with Crippen LogP contribution in [0.2, 0.25) is 0 Å². The zero-order chi connectivity index (χ0) is 19.7. The summed E-state index contributed by atoms with van der Waals surface area (Å²) in [5.74, 6) is 0.671. The number of nitrogens with zero attached hydrogens (tertiary/aromatic N) is 1. The number of nitrogens with one attached hydrogen (secondary N) is 2. The first kappa shape index (κ1) is 21.8. The van der Waals surface area contributed by atoms with Crippen molar-refractivity contribution in [1.82, 2.24) is 15.5 Å². The molecule has 0 saturated heterocycles. The topological polar surface area (TPSA) is 79.9 Å². The van der Waals surface area contributed by atoms with E-state index < -0.39 is 11.7 Å². The number of carbonyl (C=O) groups is 2. The van der Waals surface area contributed by atoms with Gasteiger partial charge in [-0.2, -0.15) is 0 Å². The molecule has 0 aliphatic rings. The lowest BCUT2D eigenvalue weighted by Crippen LogP contribution is -2.37. The Morgan fingerprint density at radius 1 is 1.12 bits per heavy atom. The van der Waals surface area contributed by atoms with Gasteiger partial charge in [-0.15, -0.1) is 0 Å². The summed E-state index contributed by atoms with van der Waals surface area (Å²) in [7, 11) is 5.56. The molecule has 0 aliphatic carbocycles. The third kappa shape index (κ3) is 8.20. The molecule has 2 amide bonds. The molecule has 1 aromatic rings. The Balaban J connectivity index is 2.43. The quantitative estimate of drug-likeness (QED) is 0.739. The number of rotatable bonds is 8. The van der Waals surface area contributed by atoms with E-state index in [-0.39, 0.29) is 24.9 Å². The zero-order valence-electron chi connectivity index (χ0n) is 16.6. The molecule has 0 bridgehead atoms. The second kappa shape index (κ2) is 10.0. The summed E-state index contributed by atoms with van der Waals surface area (Å²) in [5.41, 5.74) is 0.534. The van der Waals surface area contributed by atoms with Crippen molar-refractivity contribution in [3.05, 3.63) is 29.8 Å². The lowest BCUT2D eigenvalue weighted by atomic mass is 10.1. The summed E-state index contributed by atoms with van der Waals surface area (Å²) in [6.45, 7) is 6.08. The molecule has 1 rings (SSSR count). The Bertz CT molecular complexity index is 579. The third-order valence-electron chi connectivity index (χ3n) is 3.64. The average Bonchev–Trinajstić information content (AvgIpc) is 2.53. The van der Waals surface area contributed by atoms with E-state index in [1.807, 2.05) is 43.3 Å². The van der Waals surface area contributed by atoms with E-state index in [2.05, 4.69) is 10.6 Å². The lowest BCUT2D eigenvalue weighted by Gasteiger charge is -2.25. The van der Waals surface area contributed by atoms with Crippen molar-refractivity contribution in [3.63, 3.8) is 0 Å². The summed E-state index contributed by atoms with van der Waals surface area (Å²) in [6, 6.07) is 7.82. The maximum absolute atomic E-state index is 12.0. The smallest absolute Gasteiger partial charge is 0.407 e. The van der Waals surface area contributed by atoms with Crippen LogP contribution < -0.4 is 15.4 Å². The molecule has 1 atom stereocenters. The van der Waals surface area contributed by atoms with Gasteiger partial charge in [0, 0.05) is 19.5 Å². The predicted molar refractivity (Wildman–Crippen MR) is 101 cm³/mol. The Labute approximate surface area is 156 Å². The molecule has 146 valence electrons. The van der Waals surface area contributed by atoms with Crippen molar-refractivity contribution in [3.8, 4) is 5.75 Å². The first-order valence-corrected chi connectivity index (χ1v) is 8.66. The van der Waals surface area contributed by atoms with E-state index in [1.54, 1.807) is 27.9 Å². The van der Waals surface area contributed by atoms with Gasteiger partial charge in [0.15, 0.2) is 0 Å². The van der Waals surface area contributed by atoms with Gasteiger partial charge >= 0.3 is 6.09 Å². The Morgan fingerprint density at radius 3 is 2.23 bits per heavy atom. The molecule has 0 aliphatic heterocycles. The standard InChI is InChI=1S/C19H31N3O4/c1-19(2,3)26-18(24)20-12-11-17(23)21-13-16(22(4)5)14-7-9-15(25-6)10-8-14/h7-10,16H,11-13H2,1-6H3,(H,20,24)(H,21,23). The molecule has 7 nitrogen and oxygen atoms in total. The number of carbonyl (C=O) groups excluding carboxylic acids is 2. The number of likely N-dealkylation sites (N-methyl/N-ethyl adjacent to an activating group) is 1. The van der Waals surface area contributed by atoms with Crippen molar-refractivity contribution >= 4 is 12.0 Å². The number of methoxy groups -OCH3 is 1. The van der Waals surface area contributed by atoms with Crippen LogP contribution in [0.5, 0.6) is 5.75 Å². The van der Waals surface area contributed by atoms with Crippen molar-refractivity contribution in [2.75, 3.05) is 34.3 Å². The van der Waals surface area contributed by atoms with Crippen molar-refractivity contribution < 1.29 is 19.1 Å². The first-order chi connectivity index (χ1) is 12.1. The maximum Gasteiger partial charge on any atom is 0.407 e. The first-order valence-electron chi connectivity index (χ1n) is 8.66. The van der Waals surface area contributed by atoms with Gasteiger partial charge < -0.3 is 25.0 Å². The highest BCUT2D eigenvalue weighted by Crippen LogP contribution is 2.20. The highest BCUT2D eigenvalue weighted by atomic mass is 16.6. The highest BCUT2D eigenvalue weighted by Gasteiger charge is 2.17. The van der Waals surface area contributed by atoms with Crippen LogP contribution in [0.15, 0.2) is 24.3 Å². The van der Waals surface area contributed by atoms with Crippen LogP contribution in [0, 0.1) is 0 Å². The van der Waals surface area contributed by atoms with Gasteiger partial charge in [-0.05, 0) is 52.6 Å². The zero-order valence-corrected chi connectivity index (χ0v) is 16.6. The molecule has 0 fully saturated rings. The predicted octanol–water partition coefficient (Wildman–Crippen LogP) is 2.33. The van der Waals surface area contributed by atoms with Crippen LogP contribution in [0.1, 0.15) is 38.8 Å². The molecule has 1 unspecified atom stereocenters. The van der Waals surface area contributed by atoms with Crippen LogP contribution in [-0.4, -0.2) is 56.8 Å². The van der Waals surface area contributed by atoms with Gasteiger partial charge in [0.25, 0.3) is 0 Å². The number of ether oxygens (including phenoxy) is 2. The van der Waals surface area contributed by atoms with Gasteiger partial charge in [0.1, 0.15) is 11.4 Å². The van der Waals surface area contributed by atoms with E-state index in [1.165, 1.54) is 0 Å². The largest absolute Gasteiger partial charge is 0.497 e. The molecule has 2 N–H and O–H groups in total. The van der Waals surface area contributed by atoms with Crippen LogP contribution in [0.4, 0.5) is 4.79 Å². The molecule has 26 heavy (non-hydrogen) atoms. The second-order valence-electron chi connectivity index (χ2n) is 7.24. The van der Waals surface area contributed by atoms with Crippen molar-refractivity contribution in [2.45, 2.75) is 38.8 Å². The van der Waals surface area contributed by atoms with Gasteiger partial charge in [-0.3, -0.25) is 4.79 Å². The number of hydrogen-bond donors (Lipinski definition) is 2. The summed E-state index contributed by atoms with van der Waals surface area (Å²) in [4.78, 5) is 25.6. The number of amides is 2. The summed E-state index contributed by atoms with van der Waals surface area (Å²) >= 11 is 0. The monoisotopic (exact) mass is 365 g/mol. The summed E-state index contributed by atoms with van der Waals surface area (Å²) in [6.07, 6.45) is -0.322. The minimum Gasteiger partial charge on any atom is -0.497 e. The van der Waals surface area contributed by atoms with Gasteiger partial charge in [0.2, 0.25) is 5.91 Å². The van der Waals surface area contributed by atoms with E-state index in [0.717, 1.165) is 11.3 Å². The molecule has 0 saturated carbocycles. The van der Waals surface area contributed by atoms with E-state index in [9.17, 15) is 9.59 Å². The van der Waals surface area contributed by atoms with E-state index >= 15 is 0 Å². The minimum atomic E-state index is -0.552. The van der Waals surface area contributed by atoms with Crippen molar-refractivity contribution in [1.29, 1.82) is 0 Å². The molecule has 1 aromatic carbocycles. The maximum atomic E-state index is 12.0. The molecular formula is C19H31N3O4. The van der Waals surface area contributed by atoms with Gasteiger partial charge in [-0.25, -0.2) is 4.79 Å². The fourth-order valence-electron chi connectivity index (χ4n) is 2.32. The Kier molecular flexibility index (Phi) is 8.38. The van der Waals surface area contributed by atoms with Crippen LogP contribution in [0.25, 0.3) is 0 Å². The fourth-order valence-corrected chi connectivity index (χ4v) is 2.32. The summed E-state index contributed by atoms with van der Waals surface area (Å²) < 4.78 is 10.3. The molecule has 0 spiro atoms. The fraction of sp³-hybridized carbons (Fsp3) is 0.579. The average molecular weight is 365 g/mol. The molecule has 0 radical (unpaired) electrons. The number of hydrogen-bond acceptors (Lipinski definition) is 5. The molecular weight excluding hydrogens is 334 g/mol. The normalized spacial score (nSPS) is 12.4. The lowest BCUT2D eigenvalue weighted by molar-refractivity contribution is -0.121.